The van der Waals surface area contributed by atoms with E-state index in [1.54, 1.807) is 0 Å². The quantitative estimate of drug-likeness (QED) is 0.327. The predicted octanol–water partition coefficient (Wildman–Crippen LogP) is 13.5. The molecule has 0 aromatic carbocycles. The van der Waals surface area contributed by atoms with Gasteiger partial charge in [0.15, 0.2) is 0 Å². The van der Waals surface area contributed by atoms with Crippen LogP contribution in [-0.4, -0.2) is 0 Å². The van der Waals surface area contributed by atoms with E-state index >= 15 is 0 Å². The Morgan fingerprint density at radius 3 is 0.649 bits per heavy atom. The molecular formula is C37H68. The van der Waals surface area contributed by atoms with Crippen LogP contribution >= 0.6 is 0 Å². The summed E-state index contributed by atoms with van der Waals surface area (Å²) in [5.74, 6) is 1.65. The topological polar surface area (TPSA) is 0 Å². The minimum atomic E-state index is 0.739. The number of hydrogen-bond donors (Lipinski definition) is 0. The van der Waals surface area contributed by atoms with Gasteiger partial charge < -0.3 is 0 Å². The van der Waals surface area contributed by atoms with Crippen LogP contribution in [0.2, 0.25) is 0 Å². The highest BCUT2D eigenvalue weighted by molar-refractivity contribution is 5.18. The molecule has 0 heteroatoms. The molecule has 0 bridgehead atoms. The second-order valence-electron chi connectivity index (χ2n) is 12.9. The Morgan fingerprint density at radius 1 is 0.243 bits per heavy atom. The molecule has 0 amide bonds. The number of hydrogen-bond acceptors (Lipinski definition) is 0. The van der Waals surface area contributed by atoms with E-state index in [2.05, 4.69) is 24.3 Å². The van der Waals surface area contributed by atoms with Gasteiger partial charge in [0, 0.05) is 0 Å². The van der Waals surface area contributed by atoms with Crippen molar-refractivity contribution in [3.63, 3.8) is 0 Å². The average molecular weight is 513 g/mol. The van der Waals surface area contributed by atoms with Crippen molar-refractivity contribution in [3.8, 4) is 0 Å². The van der Waals surface area contributed by atoms with Gasteiger partial charge in [0.2, 0.25) is 0 Å². The lowest BCUT2D eigenvalue weighted by Gasteiger charge is -2.21. The van der Waals surface area contributed by atoms with Gasteiger partial charge >= 0.3 is 0 Å². The van der Waals surface area contributed by atoms with Crippen LogP contribution in [0.4, 0.5) is 0 Å². The third-order valence-electron chi connectivity index (χ3n) is 9.47. The van der Waals surface area contributed by atoms with Crippen molar-refractivity contribution in [2.75, 3.05) is 0 Å². The fraction of sp³-hybridized carbons (Fsp3) is 0.892. The third kappa shape index (κ3) is 20.1. The van der Waals surface area contributed by atoms with E-state index in [9.17, 15) is 0 Å². The summed E-state index contributed by atoms with van der Waals surface area (Å²) < 4.78 is 0. The van der Waals surface area contributed by atoms with Crippen LogP contribution in [0.3, 0.4) is 0 Å². The minimum Gasteiger partial charge on any atom is -0.0773 e. The standard InChI is InChI=1S/C37H68/c1-2-4-6-8-10-12-14-16-18-20-22-24-26-28-32-36(37-34-30-31-35-37)33-29-27-25-23-21-19-17-15-13-11-9-7-5-3-1/h30-31,34-37H,1-29,32-33H2. The Hall–Kier alpha value is -0.520. The van der Waals surface area contributed by atoms with Crippen LogP contribution in [0.1, 0.15) is 199 Å². The molecule has 0 aliphatic heterocycles. The second-order valence-corrected chi connectivity index (χ2v) is 12.9. The fourth-order valence-corrected chi connectivity index (χ4v) is 6.88. The Bertz CT molecular complexity index is 470. The van der Waals surface area contributed by atoms with Crippen LogP contribution in [0, 0.1) is 11.8 Å². The normalized spacial score (nSPS) is 24.8. The van der Waals surface area contributed by atoms with E-state index in [0.29, 0.717) is 0 Å². The van der Waals surface area contributed by atoms with Crippen molar-refractivity contribution in [2.45, 2.75) is 199 Å². The van der Waals surface area contributed by atoms with Gasteiger partial charge in [-0.1, -0.05) is 211 Å². The highest BCUT2D eigenvalue weighted by Crippen LogP contribution is 2.30. The van der Waals surface area contributed by atoms with Crippen LogP contribution < -0.4 is 0 Å². The van der Waals surface area contributed by atoms with E-state index in [4.69, 9.17) is 0 Å². The Balaban J connectivity index is 1.57. The molecule has 0 atom stereocenters. The highest BCUT2D eigenvalue weighted by Gasteiger charge is 2.17. The van der Waals surface area contributed by atoms with Gasteiger partial charge in [-0.05, 0) is 24.7 Å². The minimum absolute atomic E-state index is 0.739. The summed E-state index contributed by atoms with van der Waals surface area (Å²) in [6.45, 7) is 0. The first-order valence-corrected chi connectivity index (χ1v) is 17.8. The molecule has 2 aliphatic rings. The van der Waals surface area contributed by atoms with E-state index in [0.717, 1.165) is 11.8 Å². The molecule has 0 heterocycles. The summed E-state index contributed by atoms with van der Waals surface area (Å²) in [5, 5.41) is 0. The molecule has 0 N–H and O–H groups in total. The Morgan fingerprint density at radius 2 is 0.432 bits per heavy atom. The molecule has 1 saturated carbocycles. The summed E-state index contributed by atoms with van der Waals surface area (Å²) in [7, 11) is 0. The fourth-order valence-electron chi connectivity index (χ4n) is 6.88. The zero-order valence-corrected chi connectivity index (χ0v) is 25.4. The molecule has 0 aromatic rings. The molecule has 216 valence electrons. The Kier molecular flexibility index (Phi) is 22.7. The summed E-state index contributed by atoms with van der Waals surface area (Å²) in [4.78, 5) is 0. The molecule has 0 aromatic heterocycles. The number of allylic oxidation sites excluding steroid dienone is 4. The zero-order chi connectivity index (χ0) is 25.9. The van der Waals surface area contributed by atoms with E-state index in [-0.39, 0.29) is 0 Å². The number of rotatable bonds is 1. The SMILES string of the molecule is C1=CC(C2CCCCCCCCCCCCCCCCCCCCCCCCCCCCCCC2)C=C1. The molecule has 2 aliphatic carbocycles. The van der Waals surface area contributed by atoms with Gasteiger partial charge in [0.25, 0.3) is 0 Å². The van der Waals surface area contributed by atoms with E-state index < -0.39 is 0 Å². The monoisotopic (exact) mass is 513 g/mol. The lowest BCUT2D eigenvalue weighted by Crippen LogP contribution is -2.10. The molecule has 0 spiro atoms. The summed E-state index contributed by atoms with van der Waals surface area (Å²) >= 11 is 0. The maximum absolute atomic E-state index is 2.47. The third-order valence-corrected chi connectivity index (χ3v) is 9.47. The molecule has 0 unspecified atom stereocenters. The molecule has 0 radical (unpaired) electrons. The van der Waals surface area contributed by atoms with Gasteiger partial charge in [0.1, 0.15) is 0 Å². The molecular weight excluding hydrogens is 444 g/mol. The summed E-state index contributed by atoms with van der Waals surface area (Å²) in [6.07, 6.45) is 55.5. The van der Waals surface area contributed by atoms with Gasteiger partial charge in [-0.2, -0.15) is 0 Å². The molecule has 37 heavy (non-hydrogen) atoms. The van der Waals surface area contributed by atoms with Gasteiger partial charge in [-0.25, -0.2) is 0 Å². The van der Waals surface area contributed by atoms with Gasteiger partial charge in [-0.3, -0.25) is 0 Å². The highest BCUT2D eigenvalue weighted by atomic mass is 14.2. The van der Waals surface area contributed by atoms with Crippen molar-refractivity contribution in [2.24, 2.45) is 11.8 Å². The largest absolute Gasteiger partial charge is 0.0773 e. The van der Waals surface area contributed by atoms with Crippen LogP contribution in [0.25, 0.3) is 0 Å². The molecule has 2 rings (SSSR count). The van der Waals surface area contributed by atoms with Gasteiger partial charge in [-0.15, -0.1) is 0 Å². The smallest absolute Gasteiger partial charge is 0.00190 e. The van der Waals surface area contributed by atoms with Gasteiger partial charge in [0.05, 0.1) is 0 Å². The molecule has 0 nitrogen and oxygen atoms in total. The first-order chi connectivity index (χ1) is 18.5. The first kappa shape index (κ1) is 32.7. The Labute approximate surface area is 234 Å². The maximum atomic E-state index is 2.47. The second kappa shape index (κ2) is 25.7. The van der Waals surface area contributed by atoms with Crippen LogP contribution in [0.15, 0.2) is 24.3 Å². The predicted molar refractivity (Wildman–Crippen MR) is 168 cm³/mol. The lowest BCUT2D eigenvalue weighted by molar-refractivity contribution is 0.359. The van der Waals surface area contributed by atoms with E-state index in [1.165, 1.54) is 199 Å². The van der Waals surface area contributed by atoms with Crippen molar-refractivity contribution >= 4 is 0 Å². The molecule has 1 fully saturated rings. The lowest BCUT2D eigenvalue weighted by atomic mass is 9.84. The van der Waals surface area contributed by atoms with E-state index in [1.807, 2.05) is 0 Å². The average Bonchev–Trinajstić information content (AvgIpc) is 3.45. The van der Waals surface area contributed by atoms with Crippen LogP contribution in [-0.2, 0) is 0 Å². The van der Waals surface area contributed by atoms with Crippen LogP contribution in [0.5, 0.6) is 0 Å². The first-order valence-electron chi connectivity index (χ1n) is 17.8. The maximum Gasteiger partial charge on any atom is -0.00190 e. The van der Waals surface area contributed by atoms with Crippen molar-refractivity contribution in [1.29, 1.82) is 0 Å². The van der Waals surface area contributed by atoms with Crippen molar-refractivity contribution in [1.82, 2.24) is 0 Å². The zero-order valence-electron chi connectivity index (χ0n) is 25.4. The summed E-state index contributed by atoms with van der Waals surface area (Å²) in [6, 6.07) is 0. The van der Waals surface area contributed by atoms with Crippen molar-refractivity contribution in [3.05, 3.63) is 24.3 Å². The summed E-state index contributed by atoms with van der Waals surface area (Å²) in [5.41, 5.74) is 0. The molecule has 0 saturated heterocycles. The van der Waals surface area contributed by atoms with Crippen molar-refractivity contribution < 1.29 is 0 Å².